The number of ether oxygens (including phenoxy) is 1. The lowest BCUT2D eigenvalue weighted by molar-refractivity contribution is -0.385. The van der Waals surface area contributed by atoms with Crippen molar-refractivity contribution < 1.29 is 19.2 Å². The van der Waals surface area contributed by atoms with Gasteiger partial charge in [-0.15, -0.1) is 0 Å². The average Bonchev–Trinajstić information content (AvgIpc) is 2.55. The Morgan fingerprint density at radius 2 is 1.83 bits per heavy atom. The van der Waals surface area contributed by atoms with Crippen LogP contribution < -0.4 is 5.32 Å². The SMILES string of the molecule is COC(=O)c1ccc(Cl)c(NC(=O)c2ccc([N+](=O)[O-])c(C)c2)c1. The number of hydrogen-bond acceptors (Lipinski definition) is 5. The number of rotatable bonds is 4. The van der Waals surface area contributed by atoms with Crippen LogP contribution in [0.1, 0.15) is 26.3 Å². The predicted octanol–water partition coefficient (Wildman–Crippen LogP) is 3.60. The molecule has 1 N–H and O–H groups in total. The molecule has 24 heavy (non-hydrogen) atoms. The molecule has 1 amide bonds. The van der Waals surface area contributed by atoms with Gasteiger partial charge in [0.05, 0.1) is 28.3 Å². The van der Waals surface area contributed by atoms with Crippen LogP contribution in [0.5, 0.6) is 0 Å². The number of carbonyl (C=O) groups is 2. The lowest BCUT2D eigenvalue weighted by atomic mass is 10.1. The van der Waals surface area contributed by atoms with E-state index in [4.69, 9.17) is 11.6 Å². The summed E-state index contributed by atoms with van der Waals surface area (Å²) in [6.45, 7) is 1.54. The van der Waals surface area contributed by atoms with E-state index >= 15 is 0 Å². The minimum absolute atomic E-state index is 0.0720. The predicted molar refractivity (Wildman–Crippen MR) is 88.6 cm³/mol. The largest absolute Gasteiger partial charge is 0.465 e. The van der Waals surface area contributed by atoms with Gasteiger partial charge < -0.3 is 10.1 Å². The van der Waals surface area contributed by atoms with E-state index in [1.54, 1.807) is 6.92 Å². The number of amides is 1. The molecule has 0 spiro atoms. The fourth-order valence-corrected chi connectivity index (χ4v) is 2.23. The maximum Gasteiger partial charge on any atom is 0.337 e. The standard InChI is InChI=1S/C16H13ClN2O5/c1-9-7-10(4-6-14(9)19(22)23)15(20)18-13-8-11(16(21)24-2)3-5-12(13)17/h3-8H,1-2H3,(H,18,20). The molecule has 0 saturated carbocycles. The summed E-state index contributed by atoms with van der Waals surface area (Å²) >= 11 is 6.02. The molecule has 7 nitrogen and oxygen atoms in total. The van der Waals surface area contributed by atoms with Gasteiger partial charge in [0.15, 0.2) is 0 Å². The van der Waals surface area contributed by atoms with E-state index in [0.717, 1.165) is 0 Å². The zero-order chi connectivity index (χ0) is 17.9. The van der Waals surface area contributed by atoms with Crippen molar-refractivity contribution in [2.75, 3.05) is 12.4 Å². The molecular formula is C16H13ClN2O5. The number of methoxy groups -OCH3 is 1. The number of esters is 1. The van der Waals surface area contributed by atoms with Gasteiger partial charge in [0.2, 0.25) is 0 Å². The Balaban J connectivity index is 2.28. The summed E-state index contributed by atoms with van der Waals surface area (Å²) in [5.41, 5.74) is 0.995. The summed E-state index contributed by atoms with van der Waals surface area (Å²) in [6.07, 6.45) is 0. The van der Waals surface area contributed by atoms with Crippen LogP contribution in [0.15, 0.2) is 36.4 Å². The average molecular weight is 349 g/mol. The number of anilines is 1. The highest BCUT2D eigenvalue weighted by molar-refractivity contribution is 6.34. The Bertz CT molecular complexity index is 835. The van der Waals surface area contributed by atoms with Gasteiger partial charge in [-0.1, -0.05) is 11.6 Å². The van der Waals surface area contributed by atoms with Gasteiger partial charge >= 0.3 is 5.97 Å². The molecular weight excluding hydrogens is 336 g/mol. The number of halogens is 1. The van der Waals surface area contributed by atoms with Gasteiger partial charge in [-0.3, -0.25) is 14.9 Å². The second kappa shape index (κ2) is 7.10. The molecule has 2 aromatic rings. The Kier molecular flexibility index (Phi) is 5.15. The van der Waals surface area contributed by atoms with Crippen LogP contribution in [0.25, 0.3) is 0 Å². The van der Waals surface area contributed by atoms with E-state index in [1.165, 1.54) is 43.5 Å². The summed E-state index contributed by atoms with van der Waals surface area (Å²) in [5, 5.41) is 13.6. The van der Waals surface area contributed by atoms with Gasteiger partial charge in [0, 0.05) is 17.2 Å². The van der Waals surface area contributed by atoms with Crippen LogP contribution in [0.2, 0.25) is 5.02 Å². The highest BCUT2D eigenvalue weighted by Crippen LogP contribution is 2.25. The third-order valence-electron chi connectivity index (χ3n) is 3.29. The second-order valence-electron chi connectivity index (χ2n) is 4.90. The molecule has 8 heteroatoms. The third-order valence-corrected chi connectivity index (χ3v) is 3.62. The maximum absolute atomic E-state index is 12.3. The van der Waals surface area contributed by atoms with Gasteiger partial charge in [-0.2, -0.15) is 0 Å². The van der Waals surface area contributed by atoms with Crippen molar-refractivity contribution in [3.8, 4) is 0 Å². The number of nitro groups is 1. The molecule has 2 rings (SSSR count). The van der Waals surface area contributed by atoms with Crippen LogP contribution in [0, 0.1) is 17.0 Å². The van der Waals surface area contributed by atoms with E-state index in [2.05, 4.69) is 10.1 Å². The van der Waals surface area contributed by atoms with E-state index in [-0.39, 0.29) is 27.5 Å². The van der Waals surface area contributed by atoms with E-state index in [1.807, 2.05) is 0 Å². The summed E-state index contributed by atoms with van der Waals surface area (Å²) < 4.78 is 4.61. The molecule has 0 aliphatic rings. The van der Waals surface area contributed by atoms with Gasteiger partial charge in [0.1, 0.15) is 0 Å². The molecule has 0 saturated heterocycles. The van der Waals surface area contributed by atoms with Crippen LogP contribution >= 0.6 is 11.6 Å². The molecule has 124 valence electrons. The van der Waals surface area contributed by atoms with Crippen molar-refractivity contribution in [2.24, 2.45) is 0 Å². The molecule has 0 heterocycles. The second-order valence-corrected chi connectivity index (χ2v) is 5.31. The number of hydrogen-bond donors (Lipinski definition) is 1. The monoisotopic (exact) mass is 348 g/mol. The molecule has 0 fully saturated rings. The van der Waals surface area contributed by atoms with E-state index in [0.29, 0.717) is 5.56 Å². The number of aryl methyl sites for hydroxylation is 1. The topological polar surface area (TPSA) is 98.5 Å². The fourth-order valence-electron chi connectivity index (χ4n) is 2.06. The molecule has 2 aromatic carbocycles. The van der Waals surface area contributed by atoms with Gasteiger partial charge in [0.25, 0.3) is 11.6 Å². The highest BCUT2D eigenvalue weighted by atomic mass is 35.5. The van der Waals surface area contributed by atoms with Crippen molar-refractivity contribution in [2.45, 2.75) is 6.92 Å². The first-order valence-corrected chi connectivity index (χ1v) is 7.15. The van der Waals surface area contributed by atoms with Crippen molar-refractivity contribution in [1.82, 2.24) is 0 Å². The van der Waals surface area contributed by atoms with Crippen LogP contribution in [0.3, 0.4) is 0 Å². The number of nitro benzene ring substituents is 1. The quantitative estimate of drug-likeness (QED) is 0.517. The lowest BCUT2D eigenvalue weighted by Gasteiger charge is -2.09. The lowest BCUT2D eigenvalue weighted by Crippen LogP contribution is -2.13. The number of carbonyl (C=O) groups excluding carboxylic acids is 2. The van der Waals surface area contributed by atoms with E-state index in [9.17, 15) is 19.7 Å². The summed E-state index contributed by atoms with van der Waals surface area (Å²) in [7, 11) is 1.24. The highest BCUT2D eigenvalue weighted by Gasteiger charge is 2.16. The summed E-state index contributed by atoms with van der Waals surface area (Å²) in [5.74, 6) is -1.06. The number of nitrogens with zero attached hydrogens (tertiary/aromatic N) is 1. The number of benzene rings is 2. The molecule has 0 radical (unpaired) electrons. The van der Waals surface area contributed by atoms with Crippen LogP contribution in [-0.2, 0) is 4.74 Å². The molecule has 0 aliphatic carbocycles. The normalized spacial score (nSPS) is 10.1. The Morgan fingerprint density at radius 1 is 1.17 bits per heavy atom. The van der Waals surface area contributed by atoms with Crippen molar-refractivity contribution >= 4 is 34.9 Å². The van der Waals surface area contributed by atoms with Crippen LogP contribution in [-0.4, -0.2) is 23.9 Å². The Labute approximate surface area is 142 Å². The van der Waals surface area contributed by atoms with Crippen molar-refractivity contribution in [1.29, 1.82) is 0 Å². The molecule has 0 aromatic heterocycles. The minimum atomic E-state index is -0.562. The van der Waals surface area contributed by atoms with Crippen LogP contribution in [0.4, 0.5) is 11.4 Å². The molecule has 0 unspecified atom stereocenters. The fraction of sp³-hybridized carbons (Fsp3) is 0.125. The summed E-state index contributed by atoms with van der Waals surface area (Å²) in [4.78, 5) is 34.1. The van der Waals surface area contributed by atoms with Crippen molar-refractivity contribution in [3.05, 3.63) is 68.2 Å². The van der Waals surface area contributed by atoms with Gasteiger partial charge in [-0.05, 0) is 37.3 Å². The Morgan fingerprint density at radius 3 is 2.42 bits per heavy atom. The van der Waals surface area contributed by atoms with E-state index < -0.39 is 16.8 Å². The zero-order valence-electron chi connectivity index (χ0n) is 12.8. The van der Waals surface area contributed by atoms with Gasteiger partial charge in [-0.25, -0.2) is 4.79 Å². The summed E-state index contributed by atoms with van der Waals surface area (Å²) in [6, 6.07) is 8.34. The first-order chi connectivity index (χ1) is 11.3. The van der Waals surface area contributed by atoms with Crippen molar-refractivity contribution in [3.63, 3.8) is 0 Å². The minimum Gasteiger partial charge on any atom is -0.465 e. The molecule has 0 aliphatic heterocycles. The first-order valence-electron chi connectivity index (χ1n) is 6.77. The first kappa shape index (κ1) is 17.4. The number of nitrogens with one attached hydrogen (secondary N) is 1. The third kappa shape index (κ3) is 3.69. The Hall–Kier alpha value is -2.93. The molecule has 0 atom stereocenters. The maximum atomic E-state index is 12.3. The molecule has 0 bridgehead atoms. The zero-order valence-corrected chi connectivity index (χ0v) is 13.6. The smallest absolute Gasteiger partial charge is 0.337 e.